The molecule has 54 valence electrons. The quantitative estimate of drug-likeness (QED) is 0.305. The summed E-state index contributed by atoms with van der Waals surface area (Å²) < 4.78 is 4.05. The molecule has 1 fully saturated rings. The molecule has 0 aromatic carbocycles. The van der Waals surface area contributed by atoms with E-state index in [9.17, 15) is 14.4 Å². The molecule has 1 saturated heterocycles. The number of cyclic esters (lactones) is 2. The van der Waals surface area contributed by atoms with Gasteiger partial charge in [0, 0.05) is 0 Å². The van der Waals surface area contributed by atoms with E-state index in [4.69, 9.17) is 11.6 Å². The Bertz CT molecular complexity index is 210. The number of halogens is 1. The van der Waals surface area contributed by atoms with Crippen LogP contribution in [0.4, 0.5) is 0 Å². The van der Waals surface area contributed by atoms with Crippen LogP contribution in [-0.4, -0.2) is 17.2 Å². The molecule has 1 heterocycles. The van der Waals surface area contributed by atoms with Gasteiger partial charge in [0.1, 0.15) is 5.92 Å². The molecule has 0 saturated carbocycles. The van der Waals surface area contributed by atoms with Gasteiger partial charge >= 0.3 is 11.9 Å². The molecule has 10 heavy (non-hydrogen) atoms. The predicted molar refractivity (Wildman–Crippen MR) is 30.1 cm³/mol. The van der Waals surface area contributed by atoms with E-state index in [1.54, 1.807) is 0 Å². The van der Waals surface area contributed by atoms with Gasteiger partial charge in [-0.2, -0.15) is 0 Å². The summed E-state index contributed by atoms with van der Waals surface area (Å²) in [6.07, 6.45) is -0.221. The molecule has 1 rings (SSSR count). The van der Waals surface area contributed by atoms with Gasteiger partial charge in [-0.25, -0.2) is 0 Å². The van der Waals surface area contributed by atoms with Gasteiger partial charge in [-0.1, -0.05) is 0 Å². The number of ether oxygens (including phenoxy) is 1. The summed E-state index contributed by atoms with van der Waals surface area (Å²) in [7, 11) is 0. The van der Waals surface area contributed by atoms with Crippen LogP contribution < -0.4 is 0 Å². The maximum absolute atomic E-state index is 10.5. The van der Waals surface area contributed by atoms with E-state index in [-0.39, 0.29) is 6.42 Å². The van der Waals surface area contributed by atoms with E-state index in [2.05, 4.69) is 4.74 Å². The molecular weight excluding hydrogens is 160 g/mol. The van der Waals surface area contributed by atoms with Gasteiger partial charge in [-0.3, -0.25) is 14.4 Å². The van der Waals surface area contributed by atoms with Crippen LogP contribution in [0.5, 0.6) is 0 Å². The Morgan fingerprint density at radius 3 is 2.40 bits per heavy atom. The first kappa shape index (κ1) is 7.21. The molecule has 4 nitrogen and oxygen atoms in total. The number of carbonyl (C=O) groups is 3. The molecule has 1 aliphatic heterocycles. The second-order valence-corrected chi connectivity index (χ2v) is 2.23. The lowest BCUT2D eigenvalue weighted by atomic mass is 10.1. The maximum Gasteiger partial charge on any atom is 0.326 e. The summed E-state index contributed by atoms with van der Waals surface area (Å²) in [5.74, 6) is -2.61. The van der Waals surface area contributed by atoms with Gasteiger partial charge in [0.15, 0.2) is 0 Å². The lowest BCUT2D eigenvalue weighted by molar-refractivity contribution is -0.153. The maximum atomic E-state index is 10.5. The largest absolute Gasteiger partial charge is 0.393 e. The topological polar surface area (TPSA) is 60.4 Å². The van der Waals surface area contributed by atoms with Gasteiger partial charge in [-0.15, -0.1) is 0 Å². The van der Waals surface area contributed by atoms with Crippen LogP contribution >= 0.6 is 11.6 Å². The van der Waals surface area contributed by atoms with E-state index in [0.717, 1.165) is 0 Å². The monoisotopic (exact) mass is 162 g/mol. The molecule has 0 spiro atoms. The standard InChI is InChI=1S/C5H3ClO4/c6-4(8)2-1-3(7)10-5(2)9/h2H,1H2. The number of carbonyl (C=O) groups excluding carboxylic acids is 3. The summed E-state index contributed by atoms with van der Waals surface area (Å²) >= 11 is 4.95. The lowest BCUT2D eigenvalue weighted by Crippen LogP contribution is -2.13. The third-order valence-electron chi connectivity index (χ3n) is 1.14. The highest BCUT2D eigenvalue weighted by Gasteiger charge is 2.37. The summed E-state index contributed by atoms with van der Waals surface area (Å²) in [4.78, 5) is 31.1. The Morgan fingerprint density at radius 2 is 2.20 bits per heavy atom. The van der Waals surface area contributed by atoms with Crippen LogP contribution in [0, 0.1) is 5.92 Å². The fourth-order valence-corrected chi connectivity index (χ4v) is 0.814. The molecule has 1 aliphatic rings. The normalized spacial score (nSPS) is 24.7. The molecule has 5 heteroatoms. The van der Waals surface area contributed by atoms with Gasteiger partial charge in [-0.05, 0) is 11.6 Å². The van der Waals surface area contributed by atoms with Crippen LogP contribution in [-0.2, 0) is 19.1 Å². The van der Waals surface area contributed by atoms with E-state index in [1.807, 2.05) is 0 Å². The number of esters is 2. The van der Waals surface area contributed by atoms with Crippen LogP contribution in [0.15, 0.2) is 0 Å². The summed E-state index contributed by atoms with van der Waals surface area (Å²) in [6.45, 7) is 0. The number of hydrogen-bond donors (Lipinski definition) is 0. The van der Waals surface area contributed by atoms with E-state index < -0.39 is 23.1 Å². The first-order valence-corrected chi connectivity index (χ1v) is 2.93. The average Bonchev–Trinajstić information content (AvgIpc) is 2.10. The zero-order chi connectivity index (χ0) is 7.72. The molecule has 0 aromatic heterocycles. The molecule has 0 radical (unpaired) electrons. The van der Waals surface area contributed by atoms with Crippen molar-refractivity contribution in [3.8, 4) is 0 Å². The van der Waals surface area contributed by atoms with Crippen LogP contribution in [0.25, 0.3) is 0 Å². The molecule has 0 bridgehead atoms. The van der Waals surface area contributed by atoms with Crippen LogP contribution in [0.2, 0.25) is 0 Å². The summed E-state index contributed by atoms with van der Waals surface area (Å²) in [5, 5.41) is -0.837. The third-order valence-corrected chi connectivity index (χ3v) is 1.41. The first-order valence-electron chi connectivity index (χ1n) is 2.55. The molecule has 1 unspecified atom stereocenters. The van der Waals surface area contributed by atoms with Crippen LogP contribution in [0.3, 0.4) is 0 Å². The summed E-state index contributed by atoms with van der Waals surface area (Å²) in [6, 6.07) is 0. The Kier molecular flexibility index (Phi) is 1.72. The third kappa shape index (κ3) is 1.16. The number of hydrogen-bond acceptors (Lipinski definition) is 4. The minimum absolute atomic E-state index is 0.221. The molecule has 0 aliphatic carbocycles. The van der Waals surface area contributed by atoms with E-state index >= 15 is 0 Å². The minimum Gasteiger partial charge on any atom is -0.393 e. The van der Waals surface area contributed by atoms with Crippen molar-refractivity contribution in [2.24, 2.45) is 5.92 Å². The Balaban J connectivity index is 2.72. The molecule has 0 amide bonds. The average molecular weight is 163 g/mol. The van der Waals surface area contributed by atoms with Gasteiger partial charge in [0.2, 0.25) is 5.24 Å². The van der Waals surface area contributed by atoms with Crippen molar-refractivity contribution in [2.75, 3.05) is 0 Å². The molecule has 1 atom stereocenters. The molecule has 0 aromatic rings. The van der Waals surface area contributed by atoms with Crippen molar-refractivity contribution in [3.63, 3.8) is 0 Å². The van der Waals surface area contributed by atoms with Gasteiger partial charge < -0.3 is 4.74 Å². The van der Waals surface area contributed by atoms with Crippen LogP contribution in [0.1, 0.15) is 6.42 Å². The smallest absolute Gasteiger partial charge is 0.326 e. The Hall–Kier alpha value is -0.900. The zero-order valence-electron chi connectivity index (χ0n) is 4.80. The van der Waals surface area contributed by atoms with Gasteiger partial charge in [0.25, 0.3) is 0 Å². The summed E-state index contributed by atoms with van der Waals surface area (Å²) in [5.41, 5.74) is 0. The van der Waals surface area contributed by atoms with Crippen molar-refractivity contribution in [1.82, 2.24) is 0 Å². The first-order chi connectivity index (χ1) is 4.61. The SMILES string of the molecule is O=C1CC(C(=O)Cl)C(=O)O1. The van der Waals surface area contributed by atoms with Crippen molar-refractivity contribution >= 4 is 28.8 Å². The van der Waals surface area contributed by atoms with Crippen molar-refractivity contribution < 1.29 is 19.1 Å². The molecule has 0 N–H and O–H groups in total. The second-order valence-electron chi connectivity index (χ2n) is 1.85. The second kappa shape index (κ2) is 2.38. The predicted octanol–water partition coefficient (Wildman–Crippen LogP) is -0.158. The highest BCUT2D eigenvalue weighted by molar-refractivity contribution is 6.65. The van der Waals surface area contributed by atoms with Gasteiger partial charge in [0.05, 0.1) is 6.42 Å². The molecular formula is C5H3ClO4. The van der Waals surface area contributed by atoms with Crippen molar-refractivity contribution in [3.05, 3.63) is 0 Å². The fraction of sp³-hybridized carbons (Fsp3) is 0.400. The zero-order valence-corrected chi connectivity index (χ0v) is 5.55. The highest BCUT2D eigenvalue weighted by Crippen LogP contribution is 2.17. The van der Waals surface area contributed by atoms with E-state index in [0.29, 0.717) is 0 Å². The fourth-order valence-electron chi connectivity index (χ4n) is 0.648. The van der Waals surface area contributed by atoms with E-state index in [1.165, 1.54) is 0 Å². The Morgan fingerprint density at radius 1 is 1.60 bits per heavy atom. The minimum atomic E-state index is -1.07. The lowest BCUT2D eigenvalue weighted by Gasteiger charge is -1.91. The van der Waals surface area contributed by atoms with Crippen molar-refractivity contribution in [1.29, 1.82) is 0 Å². The van der Waals surface area contributed by atoms with Crippen molar-refractivity contribution in [2.45, 2.75) is 6.42 Å². The number of rotatable bonds is 1. The Labute approximate surface area is 61.1 Å². The highest BCUT2D eigenvalue weighted by atomic mass is 35.5.